The lowest BCUT2D eigenvalue weighted by Gasteiger charge is -2.31. The summed E-state index contributed by atoms with van der Waals surface area (Å²) in [6, 6.07) is 72.0. The maximum absolute atomic E-state index is 5.26. The molecule has 0 radical (unpaired) electrons. The first-order valence-corrected chi connectivity index (χ1v) is 20.4. The van der Waals surface area contributed by atoms with Gasteiger partial charge in [0.15, 0.2) is 0 Å². The van der Waals surface area contributed by atoms with Gasteiger partial charge < -0.3 is 0 Å². The van der Waals surface area contributed by atoms with Crippen molar-refractivity contribution in [3.8, 4) is 39.1 Å². The molecule has 0 aliphatic carbocycles. The Morgan fingerprint density at radius 2 is 0.983 bits per heavy atom. The van der Waals surface area contributed by atoms with Gasteiger partial charge in [-0.15, -0.1) is 0 Å². The Labute approximate surface area is 337 Å². The molecule has 0 saturated heterocycles. The van der Waals surface area contributed by atoms with Crippen LogP contribution in [0.5, 0.6) is 0 Å². The lowest BCUT2D eigenvalue weighted by atomic mass is 9.79. The second kappa shape index (κ2) is 12.9. The van der Waals surface area contributed by atoms with Crippen molar-refractivity contribution >= 4 is 54.1 Å². The van der Waals surface area contributed by atoms with E-state index in [4.69, 9.17) is 4.98 Å². The van der Waals surface area contributed by atoms with Crippen LogP contribution in [0.15, 0.2) is 194 Å². The predicted octanol–water partition coefficient (Wildman–Crippen LogP) is 14.7. The number of hydrogen-bond donors (Lipinski definition) is 0. The summed E-state index contributed by atoms with van der Waals surface area (Å²) < 4.78 is 2.48. The van der Waals surface area contributed by atoms with E-state index in [-0.39, 0.29) is 5.92 Å². The fourth-order valence-electron chi connectivity index (χ4n) is 10.2. The molecule has 10 aromatic carbocycles. The quantitative estimate of drug-likeness (QED) is 0.161. The Balaban J connectivity index is 1.22. The van der Waals surface area contributed by atoms with Crippen molar-refractivity contribution < 1.29 is 0 Å². The van der Waals surface area contributed by atoms with Gasteiger partial charge in [0.2, 0.25) is 0 Å². The van der Waals surface area contributed by atoms with Crippen molar-refractivity contribution in [2.24, 2.45) is 0 Å². The van der Waals surface area contributed by atoms with Gasteiger partial charge in [-0.1, -0.05) is 189 Å². The molecule has 12 rings (SSSR count). The third kappa shape index (κ3) is 4.75. The molecular weight excluding hydrogens is 701 g/mol. The third-order valence-corrected chi connectivity index (χ3v) is 12.6. The van der Waals surface area contributed by atoms with E-state index in [2.05, 4.69) is 206 Å². The minimum absolute atomic E-state index is 0.0855. The van der Waals surface area contributed by atoms with Gasteiger partial charge in [0.25, 0.3) is 0 Å². The maximum atomic E-state index is 5.26. The van der Waals surface area contributed by atoms with Gasteiger partial charge in [-0.25, -0.2) is 4.98 Å². The molecule has 0 bridgehead atoms. The van der Waals surface area contributed by atoms with Crippen LogP contribution < -0.4 is 0 Å². The molecule has 0 saturated carbocycles. The molecule has 1 atom stereocenters. The van der Waals surface area contributed by atoms with Crippen molar-refractivity contribution in [1.29, 1.82) is 0 Å². The van der Waals surface area contributed by atoms with Gasteiger partial charge >= 0.3 is 0 Å². The molecule has 0 spiro atoms. The van der Waals surface area contributed by atoms with E-state index in [1.54, 1.807) is 0 Å². The number of nitrogens with zero attached hydrogens (tertiary/aromatic N) is 2. The van der Waals surface area contributed by atoms with Crippen molar-refractivity contribution in [3.63, 3.8) is 0 Å². The first-order valence-electron chi connectivity index (χ1n) is 20.4. The zero-order valence-electron chi connectivity index (χ0n) is 32.2. The Kier molecular flexibility index (Phi) is 7.30. The minimum atomic E-state index is 0.0855. The van der Waals surface area contributed by atoms with E-state index in [0.717, 1.165) is 17.8 Å². The van der Waals surface area contributed by atoms with Gasteiger partial charge in [-0.05, 0) is 99.7 Å². The Morgan fingerprint density at radius 3 is 1.67 bits per heavy atom. The van der Waals surface area contributed by atoms with E-state index in [1.165, 1.54) is 104 Å². The summed E-state index contributed by atoms with van der Waals surface area (Å²) in [7, 11) is 0. The largest absolute Gasteiger partial charge is 0.295 e. The summed E-state index contributed by atoms with van der Waals surface area (Å²) in [5.74, 6) is 1.17. The van der Waals surface area contributed by atoms with Crippen molar-refractivity contribution in [3.05, 3.63) is 217 Å². The molecule has 1 aromatic heterocycles. The Bertz CT molecular complexity index is 3430. The smallest absolute Gasteiger partial charge is 0.114 e. The standard InChI is InChI=1S/C56H38N2/c1-2-51-57-50-31-15-30-48-52(37-18-4-3-5-19-37)47-29-14-26-41(55(47)58(51)56(48)50)38-32-33-46-49(34-38)54(43-28-13-21-36-17-7-9-23-40(36)43)45-25-11-10-24-44(45)53(46)42-27-12-20-35-16-6-8-22-39(35)42/h3-34,52H,2H2,1H3. The second-order valence-corrected chi connectivity index (χ2v) is 15.6. The molecule has 1 aliphatic rings. The molecule has 0 amide bonds. The fraction of sp³-hybridized carbons (Fsp3) is 0.0536. The molecule has 58 heavy (non-hydrogen) atoms. The second-order valence-electron chi connectivity index (χ2n) is 15.6. The topological polar surface area (TPSA) is 17.8 Å². The van der Waals surface area contributed by atoms with E-state index < -0.39 is 0 Å². The Hall–Kier alpha value is -7.29. The number of fused-ring (bicyclic) bond motifs is 6. The lowest BCUT2D eigenvalue weighted by Crippen LogP contribution is -2.17. The normalized spacial score (nSPS) is 13.5. The maximum Gasteiger partial charge on any atom is 0.114 e. The molecular formula is C56H38N2. The van der Waals surface area contributed by atoms with Crippen LogP contribution in [0.1, 0.15) is 35.4 Å². The number of hydrogen-bond acceptors (Lipinski definition) is 1. The molecule has 0 N–H and O–H groups in total. The summed E-state index contributed by atoms with van der Waals surface area (Å²) >= 11 is 0. The van der Waals surface area contributed by atoms with Gasteiger partial charge in [0.1, 0.15) is 5.82 Å². The molecule has 1 aliphatic heterocycles. The highest BCUT2D eigenvalue weighted by Gasteiger charge is 2.32. The van der Waals surface area contributed by atoms with E-state index >= 15 is 0 Å². The SMILES string of the molecule is CCc1nc2cccc3c2n1-c1c(-c2ccc4c(-c5cccc6ccccc56)c5ccccc5c(-c5cccc6ccccc56)c4c2)cccc1C3c1ccccc1. The molecule has 2 heteroatoms. The zero-order valence-corrected chi connectivity index (χ0v) is 32.2. The van der Waals surface area contributed by atoms with Crippen molar-refractivity contribution in [1.82, 2.24) is 9.55 Å². The zero-order chi connectivity index (χ0) is 38.3. The van der Waals surface area contributed by atoms with Crippen LogP contribution in [-0.2, 0) is 6.42 Å². The Morgan fingerprint density at radius 1 is 0.448 bits per heavy atom. The molecule has 2 nitrogen and oxygen atoms in total. The number of para-hydroxylation sites is 2. The average Bonchev–Trinajstić information content (AvgIpc) is 3.68. The summed E-state index contributed by atoms with van der Waals surface area (Å²) in [6.45, 7) is 2.22. The minimum Gasteiger partial charge on any atom is -0.295 e. The summed E-state index contributed by atoms with van der Waals surface area (Å²) in [6.07, 6.45) is 0.835. The van der Waals surface area contributed by atoms with Crippen LogP contribution in [0.25, 0.3) is 93.2 Å². The van der Waals surface area contributed by atoms with Gasteiger partial charge in [-0.3, -0.25) is 4.57 Å². The summed E-state index contributed by atoms with van der Waals surface area (Å²) in [5, 5.41) is 10.0. The van der Waals surface area contributed by atoms with Crippen LogP contribution in [0.2, 0.25) is 0 Å². The van der Waals surface area contributed by atoms with Crippen LogP contribution in [0.4, 0.5) is 0 Å². The highest BCUT2D eigenvalue weighted by atomic mass is 15.1. The molecule has 2 heterocycles. The van der Waals surface area contributed by atoms with Crippen molar-refractivity contribution in [2.45, 2.75) is 19.3 Å². The number of imidazole rings is 1. The van der Waals surface area contributed by atoms with E-state index in [0.29, 0.717) is 0 Å². The average molecular weight is 739 g/mol. The van der Waals surface area contributed by atoms with Crippen molar-refractivity contribution in [2.75, 3.05) is 0 Å². The van der Waals surface area contributed by atoms with Crippen LogP contribution in [0.3, 0.4) is 0 Å². The number of rotatable bonds is 5. The van der Waals surface area contributed by atoms with Crippen LogP contribution >= 0.6 is 0 Å². The third-order valence-electron chi connectivity index (χ3n) is 12.6. The molecule has 11 aromatic rings. The van der Waals surface area contributed by atoms with Gasteiger partial charge in [0, 0.05) is 17.9 Å². The van der Waals surface area contributed by atoms with Crippen LogP contribution in [0, 0.1) is 0 Å². The molecule has 0 fully saturated rings. The van der Waals surface area contributed by atoms with Gasteiger partial charge in [0.05, 0.1) is 16.7 Å². The monoisotopic (exact) mass is 738 g/mol. The van der Waals surface area contributed by atoms with Crippen LogP contribution in [-0.4, -0.2) is 9.55 Å². The first kappa shape index (κ1) is 32.9. The number of aryl methyl sites for hydroxylation is 1. The molecule has 1 unspecified atom stereocenters. The number of aromatic nitrogens is 2. The van der Waals surface area contributed by atoms with Gasteiger partial charge in [-0.2, -0.15) is 0 Å². The molecule has 272 valence electrons. The first-order chi connectivity index (χ1) is 28.8. The fourth-order valence-corrected chi connectivity index (χ4v) is 10.2. The van der Waals surface area contributed by atoms with E-state index in [9.17, 15) is 0 Å². The highest BCUT2D eigenvalue weighted by Crippen LogP contribution is 2.50. The summed E-state index contributed by atoms with van der Waals surface area (Å²) in [5.41, 5.74) is 14.9. The summed E-state index contributed by atoms with van der Waals surface area (Å²) in [4.78, 5) is 5.26. The van der Waals surface area contributed by atoms with E-state index in [1.807, 2.05) is 0 Å². The predicted molar refractivity (Wildman–Crippen MR) is 244 cm³/mol. The number of benzene rings is 10. The lowest BCUT2D eigenvalue weighted by molar-refractivity contribution is 0.854. The highest BCUT2D eigenvalue weighted by molar-refractivity contribution is 6.25.